The van der Waals surface area contributed by atoms with Crippen molar-refractivity contribution in [1.29, 1.82) is 0 Å². The van der Waals surface area contributed by atoms with Crippen molar-refractivity contribution in [2.75, 3.05) is 10.4 Å². The van der Waals surface area contributed by atoms with Crippen LogP contribution in [0.4, 0.5) is 11.4 Å². The summed E-state index contributed by atoms with van der Waals surface area (Å²) in [6.45, 7) is 0. The zero-order valence-electron chi connectivity index (χ0n) is 17.3. The number of fused-ring (bicyclic) bond motifs is 1. The molecule has 1 N–H and O–H groups in total. The van der Waals surface area contributed by atoms with Gasteiger partial charge in [-0.15, -0.1) is 0 Å². The minimum absolute atomic E-state index is 0.0100. The van der Waals surface area contributed by atoms with Gasteiger partial charge in [0.15, 0.2) is 0 Å². The van der Waals surface area contributed by atoms with Gasteiger partial charge in [0.2, 0.25) is 5.91 Å². The Kier molecular flexibility index (Phi) is 6.99. The number of rotatable bonds is 3. The molecule has 2 aromatic carbocycles. The molecule has 0 bridgehead atoms. The molecule has 1 amide bonds. The first-order valence-electron chi connectivity index (χ1n) is 11.0. The summed E-state index contributed by atoms with van der Waals surface area (Å²) in [6, 6.07) is 19.3. The van der Waals surface area contributed by atoms with Crippen LogP contribution in [0.5, 0.6) is 0 Å². The lowest BCUT2D eigenvalue weighted by atomic mass is 9.86. The maximum absolute atomic E-state index is 13.5. The molecule has 2 aliphatic rings. The fourth-order valence-corrected chi connectivity index (χ4v) is 4.33. The number of carbonyl (C=O) groups is 1. The van der Waals surface area contributed by atoms with Crippen molar-refractivity contribution < 1.29 is 9.63 Å². The van der Waals surface area contributed by atoms with Crippen LogP contribution in [0.3, 0.4) is 0 Å². The lowest BCUT2D eigenvalue weighted by Gasteiger charge is -2.26. The highest BCUT2D eigenvalue weighted by Gasteiger charge is 2.46. The third-order valence-corrected chi connectivity index (χ3v) is 5.82. The summed E-state index contributed by atoms with van der Waals surface area (Å²) < 4.78 is 0. The monoisotopic (exact) mass is 402 g/mol. The number of nitrogens with zero attached hydrogens (tertiary/aromatic N) is 1. The van der Waals surface area contributed by atoms with Crippen molar-refractivity contribution in [1.82, 2.24) is 0 Å². The summed E-state index contributed by atoms with van der Waals surface area (Å²) in [5.74, 6) is 0.121. The topological polar surface area (TPSA) is 41.6 Å². The van der Waals surface area contributed by atoms with Gasteiger partial charge in [-0.2, -0.15) is 0 Å². The molecule has 4 heteroatoms. The van der Waals surface area contributed by atoms with Gasteiger partial charge in [0.05, 0.1) is 11.8 Å². The highest BCUT2D eigenvalue weighted by Crippen LogP contribution is 2.38. The van der Waals surface area contributed by atoms with E-state index in [0.717, 1.165) is 49.9 Å². The van der Waals surface area contributed by atoms with E-state index in [-0.39, 0.29) is 24.0 Å². The average molecular weight is 403 g/mol. The molecular formula is C26H30N2O2. The quantitative estimate of drug-likeness (QED) is 0.650. The van der Waals surface area contributed by atoms with E-state index in [0.29, 0.717) is 0 Å². The first-order valence-corrected chi connectivity index (χ1v) is 11.0. The van der Waals surface area contributed by atoms with Gasteiger partial charge in [-0.25, -0.2) is 5.06 Å². The van der Waals surface area contributed by atoms with E-state index in [1.807, 2.05) is 65.7 Å². The second-order valence-electron chi connectivity index (χ2n) is 7.94. The molecule has 1 aliphatic heterocycles. The lowest BCUT2D eigenvalue weighted by Crippen LogP contribution is -2.43. The van der Waals surface area contributed by atoms with Crippen LogP contribution < -0.4 is 10.4 Å². The molecule has 4 nitrogen and oxygen atoms in total. The molecule has 1 heterocycles. The number of amides is 1. The highest BCUT2D eigenvalue weighted by molar-refractivity contribution is 5.97. The van der Waals surface area contributed by atoms with E-state index >= 15 is 0 Å². The average Bonchev–Trinajstić information content (AvgIpc) is 3.13. The fourth-order valence-electron chi connectivity index (χ4n) is 4.33. The Bertz CT molecular complexity index is 863. The smallest absolute Gasteiger partial charge is 0.250 e. The van der Waals surface area contributed by atoms with Crippen LogP contribution in [0.2, 0.25) is 0 Å². The van der Waals surface area contributed by atoms with Gasteiger partial charge in [-0.3, -0.25) is 9.63 Å². The van der Waals surface area contributed by atoms with Gasteiger partial charge >= 0.3 is 0 Å². The number of carbonyl (C=O) groups excluding carboxylic acids is 1. The zero-order chi connectivity index (χ0) is 20.6. The zero-order valence-corrected chi connectivity index (χ0v) is 17.3. The van der Waals surface area contributed by atoms with E-state index in [9.17, 15) is 4.79 Å². The minimum atomic E-state index is -0.363. The fraction of sp³-hybridized carbons (Fsp3) is 0.346. The molecule has 1 saturated heterocycles. The van der Waals surface area contributed by atoms with Crippen LogP contribution in [0, 0.1) is 5.92 Å². The minimum Gasteiger partial charge on any atom is -0.324 e. The normalized spacial score (nSPS) is 26.7. The standard InChI is InChI=1S/C26H30N2O2/c29-26(27-21-15-9-7-10-16-21)25-23-19-13-5-3-1-2-4-6-14-20-24(23)30-28(25)22-17-11-8-12-18-22/h3-12,15-18,23-25H,1-2,13-14,19-20H2,(H,27,29)/b5-3-,6-4+. The maximum Gasteiger partial charge on any atom is 0.250 e. The molecule has 2 aromatic rings. The number of hydroxylamine groups is 1. The highest BCUT2D eigenvalue weighted by atomic mass is 16.7. The Morgan fingerprint density at radius 2 is 1.40 bits per heavy atom. The van der Waals surface area contributed by atoms with Gasteiger partial charge < -0.3 is 5.32 Å². The number of hydrogen-bond donors (Lipinski definition) is 1. The molecule has 3 atom stereocenters. The number of hydrogen-bond acceptors (Lipinski definition) is 3. The van der Waals surface area contributed by atoms with Crippen LogP contribution in [0.1, 0.15) is 38.5 Å². The summed E-state index contributed by atoms with van der Waals surface area (Å²) in [6.07, 6.45) is 15.0. The number of para-hydroxylation sites is 2. The number of benzene rings is 2. The Hall–Kier alpha value is -2.85. The van der Waals surface area contributed by atoms with Gasteiger partial charge in [-0.05, 0) is 62.8 Å². The van der Waals surface area contributed by atoms with Crippen LogP contribution in [0.15, 0.2) is 85.0 Å². The van der Waals surface area contributed by atoms with E-state index in [1.165, 1.54) is 0 Å². The largest absolute Gasteiger partial charge is 0.324 e. The van der Waals surface area contributed by atoms with Crippen molar-refractivity contribution >= 4 is 17.3 Å². The SMILES string of the molecule is O=C(Nc1ccccc1)C1C2CC/C=C\CC/C=C/CCC2ON1c1ccccc1. The Labute approximate surface area is 179 Å². The predicted octanol–water partition coefficient (Wildman–Crippen LogP) is 5.90. The van der Waals surface area contributed by atoms with E-state index < -0.39 is 0 Å². The molecule has 3 unspecified atom stereocenters. The summed E-state index contributed by atoms with van der Waals surface area (Å²) in [4.78, 5) is 19.9. The molecular weight excluding hydrogens is 372 g/mol. The van der Waals surface area contributed by atoms with Gasteiger partial charge in [0, 0.05) is 11.6 Å². The molecule has 30 heavy (non-hydrogen) atoms. The molecule has 0 radical (unpaired) electrons. The Balaban J connectivity index is 1.62. The van der Waals surface area contributed by atoms with Crippen molar-refractivity contribution in [2.45, 2.75) is 50.7 Å². The van der Waals surface area contributed by atoms with Crippen LogP contribution in [-0.2, 0) is 9.63 Å². The molecule has 0 spiro atoms. The second-order valence-corrected chi connectivity index (χ2v) is 7.94. The van der Waals surface area contributed by atoms with Crippen LogP contribution >= 0.6 is 0 Å². The molecule has 1 fully saturated rings. The first-order chi connectivity index (χ1) is 14.8. The third-order valence-electron chi connectivity index (χ3n) is 5.82. The summed E-state index contributed by atoms with van der Waals surface area (Å²) >= 11 is 0. The summed E-state index contributed by atoms with van der Waals surface area (Å²) in [7, 11) is 0. The van der Waals surface area contributed by atoms with Crippen molar-refractivity contribution in [3.8, 4) is 0 Å². The molecule has 0 aromatic heterocycles. The number of nitrogens with one attached hydrogen (secondary N) is 1. The Morgan fingerprint density at radius 3 is 2.10 bits per heavy atom. The van der Waals surface area contributed by atoms with Gasteiger partial charge in [0.25, 0.3) is 0 Å². The predicted molar refractivity (Wildman–Crippen MR) is 122 cm³/mol. The molecule has 156 valence electrons. The molecule has 0 saturated carbocycles. The Morgan fingerprint density at radius 1 is 0.800 bits per heavy atom. The van der Waals surface area contributed by atoms with Gasteiger partial charge in [0.1, 0.15) is 6.04 Å². The lowest BCUT2D eigenvalue weighted by molar-refractivity contribution is -0.118. The van der Waals surface area contributed by atoms with Crippen molar-refractivity contribution in [3.05, 3.63) is 85.0 Å². The number of anilines is 2. The third kappa shape index (κ3) is 5.00. The van der Waals surface area contributed by atoms with E-state index in [4.69, 9.17) is 4.84 Å². The second kappa shape index (κ2) is 10.3. The maximum atomic E-state index is 13.5. The molecule has 4 rings (SSSR count). The summed E-state index contributed by atoms with van der Waals surface area (Å²) in [5, 5.41) is 4.96. The van der Waals surface area contributed by atoms with Crippen LogP contribution in [-0.4, -0.2) is 18.1 Å². The molecule has 1 aliphatic carbocycles. The van der Waals surface area contributed by atoms with Crippen molar-refractivity contribution in [3.63, 3.8) is 0 Å². The van der Waals surface area contributed by atoms with Gasteiger partial charge in [-0.1, -0.05) is 60.7 Å². The van der Waals surface area contributed by atoms with E-state index in [1.54, 1.807) is 0 Å². The van der Waals surface area contributed by atoms with Crippen LogP contribution in [0.25, 0.3) is 0 Å². The van der Waals surface area contributed by atoms with Crippen molar-refractivity contribution in [2.24, 2.45) is 5.92 Å². The van der Waals surface area contributed by atoms with E-state index in [2.05, 4.69) is 29.6 Å². The summed E-state index contributed by atoms with van der Waals surface area (Å²) in [5.41, 5.74) is 1.74. The number of allylic oxidation sites excluding steroid dienone is 4. The first kappa shape index (κ1) is 20.4.